The lowest BCUT2D eigenvalue weighted by molar-refractivity contribution is 0.477. The van der Waals surface area contributed by atoms with E-state index in [-0.39, 0.29) is 0 Å². The fraction of sp³-hybridized carbons (Fsp3) is 0.545. The Balaban J connectivity index is 2.48. The van der Waals surface area contributed by atoms with Crippen molar-refractivity contribution < 1.29 is 0 Å². The Kier molecular flexibility index (Phi) is 5.88. The zero-order chi connectivity index (χ0) is 11.8. The van der Waals surface area contributed by atoms with Gasteiger partial charge in [-0.3, -0.25) is 10.4 Å². The fourth-order valence-corrected chi connectivity index (χ4v) is 2.01. The molecular weight excluding hydrogens is 220 g/mol. The van der Waals surface area contributed by atoms with Gasteiger partial charge < -0.3 is 4.90 Å². The molecule has 0 aromatic carbocycles. The van der Waals surface area contributed by atoms with Gasteiger partial charge in [0.2, 0.25) is 5.96 Å². The van der Waals surface area contributed by atoms with Crippen LogP contribution in [0.5, 0.6) is 0 Å². The molecule has 0 bridgehead atoms. The molecule has 0 fully saturated rings. The number of nitrogens with zero attached hydrogens (tertiary/aromatic N) is 2. The van der Waals surface area contributed by atoms with E-state index in [0.29, 0.717) is 0 Å². The molecule has 0 atom stereocenters. The minimum atomic E-state index is 0.750. The maximum atomic E-state index is 5.47. The molecule has 0 spiro atoms. The monoisotopic (exact) mass is 240 g/mol. The molecule has 16 heavy (non-hydrogen) atoms. The van der Waals surface area contributed by atoms with E-state index >= 15 is 0 Å². The van der Waals surface area contributed by atoms with Gasteiger partial charge in [-0.2, -0.15) is 11.3 Å². The highest BCUT2D eigenvalue weighted by Crippen LogP contribution is 2.08. The van der Waals surface area contributed by atoms with Crippen LogP contribution >= 0.6 is 11.3 Å². The molecule has 3 N–H and O–H groups in total. The largest absolute Gasteiger partial charge is 0.341 e. The zero-order valence-corrected chi connectivity index (χ0v) is 10.8. The van der Waals surface area contributed by atoms with Gasteiger partial charge in [-0.1, -0.05) is 13.3 Å². The summed E-state index contributed by atoms with van der Waals surface area (Å²) in [6.07, 6.45) is 2.24. The first-order valence-corrected chi connectivity index (χ1v) is 6.45. The molecule has 1 heterocycles. The predicted molar refractivity (Wildman–Crippen MR) is 70.3 cm³/mol. The zero-order valence-electron chi connectivity index (χ0n) is 9.94. The smallest absolute Gasteiger partial charge is 0.208 e. The van der Waals surface area contributed by atoms with Crippen LogP contribution in [-0.4, -0.2) is 24.5 Å². The van der Waals surface area contributed by atoms with Crippen molar-refractivity contribution in [2.24, 2.45) is 10.8 Å². The first kappa shape index (κ1) is 13.0. The number of nitrogens with two attached hydrogens (primary N) is 1. The van der Waals surface area contributed by atoms with Crippen LogP contribution in [0.1, 0.15) is 25.3 Å². The topological polar surface area (TPSA) is 53.6 Å². The number of hydrazine groups is 1. The first-order valence-electron chi connectivity index (χ1n) is 5.51. The van der Waals surface area contributed by atoms with Crippen molar-refractivity contribution in [2.75, 3.05) is 13.6 Å². The Bertz CT molecular complexity index is 308. The van der Waals surface area contributed by atoms with E-state index < -0.39 is 0 Å². The quantitative estimate of drug-likeness (QED) is 0.271. The lowest BCUT2D eigenvalue weighted by Gasteiger charge is -2.20. The van der Waals surface area contributed by atoms with Crippen molar-refractivity contribution in [3.05, 3.63) is 22.4 Å². The SMILES string of the molecule is CCCCN=C(NN)N(C)Cc1ccsc1. The van der Waals surface area contributed by atoms with Gasteiger partial charge in [-0.25, -0.2) is 5.84 Å². The maximum Gasteiger partial charge on any atom is 0.208 e. The van der Waals surface area contributed by atoms with E-state index in [1.807, 2.05) is 11.9 Å². The average Bonchev–Trinajstić information content (AvgIpc) is 2.77. The molecule has 4 nitrogen and oxygen atoms in total. The third-order valence-electron chi connectivity index (χ3n) is 2.26. The summed E-state index contributed by atoms with van der Waals surface area (Å²) in [7, 11) is 1.99. The number of hydrogen-bond acceptors (Lipinski definition) is 3. The van der Waals surface area contributed by atoms with Gasteiger partial charge >= 0.3 is 0 Å². The van der Waals surface area contributed by atoms with Crippen LogP contribution in [0.3, 0.4) is 0 Å². The summed E-state index contributed by atoms with van der Waals surface area (Å²) < 4.78 is 0. The number of guanidine groups is 1. The number of nitrogens with one attached hydrogen (secondary N) is 1. The number of hydrogen-bond donors (Lipinski definition) is 2. The van der Waals surface area contributed by atoms with Crippen LogP contribution in [0.25, 0.3) is 0 Å². The lowest BCUT2D eigenvalue weighted by Crippen LogP contribution is -2.42. The minimum Gasteiger partial charge on any atom is -0.341 e. The molecule has 90 valence electrons. The van der Waals surface area contributed by atoms with Crippen molar-refractivity contribution in [1.82, 2.24) is 10.3 Å². The second-order valence-electron chi connectivity index (χ2n) is 3.69. The van der Waals surface area contributed by atoms with Gasteiger partial charge in [0.05, 0.1) is 0 Å². The second kappa shape index (κ2) is 7.24. The molecule has 1 aromatic rings. The van der Waals surface area contributed by atoms with Crippen LogP contribution in [0.4, 0.5) is 0 Å². The van der Waals surface area contributed by atoms with Gasteiger partial charge in [0.25, 0.3) is 0 Å². The highest BCUT2D eigenvalue weighted by atomic mass is 32.1. The first-order chi connectivity index (χ1) is 7.77. The van der Waals surface area contributed by atoms with Crippen molar-refractivity contribution >= 4 is 17.3 Å². The third kappa shape index (κ3) is 4.20. The van der Waals surface area contributed by atoms with E-state index in [9.17, 15) is 0 Å². The molecule has 1 rings (SSSR count). The number of aliphatic imine (C=N–C) groups is 1. The van der Waals surface area contributed by atoms with E-state index in [2.05, 4.69) is 34.2 Å². The minimum absolute atomic E-state index is 0.750. The van der Waals surface area contributed by atoms with Crippen LogP contribution < -0.4 is 11.3 Å². The van der Waals surface area contributed by atoms with Crippen LogP contribution in [0.15, 0.2) is 21.8 Å². The molecule has 0 aliphatic rings. The van der Waals surface area contributed by atoms with E-state index in [1.165, 1.54) is 5.56 Å². The van der Waals surface area contributed by atoms with E-state index in [4.69, 9.17) is 5.84 Å². The van der Waals surface area contributed by atoms with Gasteiger partial charge in [0, 0.05) is 20.1 Å². The molecular formula is C11H20N4S. The second-order valence-corrected chi connectivity index (χ2v) is 4.47. The van der Waals surface area contributed by atoms with Gasteiger partial charge in [-0.05, 0) is 28.8 Å². The van der Waals surface area contributed by atoms with E-state index in [1.54, 1.807) is 11.3 Å². The summed E-state index contributed by atoms with van der Waals surface area (Å²) in [4.78, 5) is 6.45. The van der Waals surface area contributed by atoms with Crippen LogP contribution in [0, 0.1) is 0 Å². The van der Waals surface area contributed by atoms with E-state index in [0.717, 1.165) is 31.9 Å². The summed E-state index contributed by atoms with van der Waals surface area (Å²) in [5, 5.41) is 4.21. The lowest BCUT2D eigenvalue weighted by atomic mass is 10.3. The van der Waals surface area contributed by atoms with Crippen molar-refractivity contribution in [1.29, 1.82) is 0 Å². The third-order valence-corrected chi connectivity index (χ3v) is 3.00. The number of thiophene rings is 1. The summed E-state index contributed by atoms with van der Waals surface area (Å²) in [6.45, 7) is 3.81. The van der Waals surface area contributed by atoms with Crippen molar-refractivity contribution in [3.63, 3.8) is 0 Å². The summed E-state index contributed by atoms with van der Waals surface area (Å²) in [6, 6.07) is 2.11. The Labute approximate surface area is 101 Å². The predicted octanol–water partition coefficient (Wildman–Crippen LogP) is 1.80. The van der Waals surface area contributed by atoms with Crippen molar-refractivity contribution in [3.8, 4) is 0 Å². The maximum absolute atomic E-state index is 5.47. The standard InChI is InChI=1S/C11H20N4S/c1-3-4-6-13-11(14-12)15(2)8-10-5-7-16-9-10/h5,7,9H,3-4,6,8,12H2,1-2H3,(H,13,14). The molecule has 0 aliphatic heterocycles. The molecule has 0 saturated carbocycles. The molecule has 0 saturated heterocycles. The molecule has 0 amide bonds. The number of rotatable bonds is 5. The highest BCUT2D eigenvalue weighted by molar-refractivity contribution is 7.07. The number of unbranched alkanes of at least 4 members (excludes halogenated alkanes) is 1. The van der Waals surface area contributed by atoms with Crippen molar-refractivity contribution in [2.45, 2.75) is 26.3 Å². The Morgan fingerprint density at radius 1 is 1.62 bits per heavy atom. The summed E-state index contributed by atoms with van der Waals surface area (Å²) >= 11 is 1.70. The molecule has 0 radical (unpaired) electrons. The summed E-state index contributed by atoms with van der Waals surface area (Å²) in [5.74, 6) is 6.21. The van der Waals surface area contributed by atoms with Crippen LogP contribution in [0.2, 0.25) is 0 Å². The Morgan fingerprint density at radius 3 is 3.00 bits per heavy atom. The Morgan fingerprint density at radius 2 is 2.44 bits per heavy atom. The summed E-state index contributed by atoms with van der Waals surface area (Å²) in [5.41, 5.74) is 3.94. The fourth-order valence-electron chi connectivity index (χ4n) is 1.35. The molecule has 0 aliphatic carbocycles. The van der Waals surface area contributed by atoms with Gasteiger partial charge in [-0.15, -0.1) is 0 Å². The molecule has 0 unspecified atom stereocenters. The normalized spacial score (nSPS) is 11.6. The van der Waals surface area contributed by atoms with Crippen LogP contribution in [-0.2, 0) is 6.54 Å². The molecule has 5 heteroatoms. The average molecular weight is 240 g/mol. The molecule has 1 aromatic heterocycles. The highest BCUT2D eigenvalue weighted by Gasteiger charge is 2.05. The van der Waals surface area contributed by atoms with Gasteiger partial charge in [0.15, 0.2) is 0 Å². The Hall–Kier alpha value is -1.07. The van der Waals surface area contributed by atoms with Gasteiger partial charge in [0.1, 0.15) is 0 Å².